The summed E-state index contributed by atoms with van der Waals surface area (Å²) in [6.07, 6.45) is 8.01. The highest BCUT2D eigenvalue weighted by Gasteiger charge is 2.42. The van der Waals surface area contributed by atoms with Crippen LogP contribution in [0.15, 0.2) is 27.8 Å². The molecule has 1 aromatic rings. The standard InChI is InChI=1S/C20H34N4O2/c1-3-25-14-10-20(8-9-20)16-23-19(21-2)22-15-17(18-7-6-13-26-18)24-11-4-5-12-24/h6-7,13,17H,3-5,8-12,14-16H2,1-2H3,(H2,21,22,23). The number of aliphatic imine (C=N–C) groups is 1. The van der Waals surface area contributed by atoms with Crippen LogP contribution in [0, 0.1) is 5.41 Å². The Hall–Kier alpha value is -1.53. The van der Waals surface area contributed by atoms with Crippen LogP contribution in [0.1, 0.15) is 50.8 Å². The summed E-state index contributed by atoms with van der Waals surface area (Å²) in [5.41, 5.74) is 0.405. The number of guanidine groups is 1. The Labute approximate surface area is 157 Å². The molecular weight excluding hydrogens is 328 g/mol. The molecule has 6 heteroatoms. The highest BCUT2D eigenvalue weighted by atomic mass is 16.5. The smallest absolute Gasteiger partial charge is 0.191 e. The Balaban J connectivity index is 1.48. The highest BCUT2D eigenvalue weighted by molar-refractivity contribution is 5.79. The molecule has 2 heterocycles. The van der Waals surface area contributed by atoms with Crippen molar-refractivity contribution >= 4 is 5.96 Å². The number of ether oxygens (including phenoxy) is 1. The van der Waals surface area contributed by atoms with Crippen molar-refractivity contribution in [2.24, 2.45) is 10.4 Å². The van der Waals surface area contributed by atoms with Crippen LogP contribution in [0.2, 0.25) is 0 Å². The third-order valence-electron chi connectivity index (χ3n) is 5.71. The van der Waals surface area contributed by atoms with Crippen molar-refractivity contribution in [1.29, 1.82) is 0 Å². The first-order chi connectivity index (χ1) is 12.8. The van der Waals surface area contributed by atoms with Crippen LogP contribution in [0.4, 0.5) is 0 Å². The van der Waals surface area contributed by atoms with E-state index in [9.17, 15) is 0 Å². The predicted octanol–water partition coefficient (Wildman–Crippen LogP) is 2.79. The molecular formula is C20H34N4O2. The number of nitrogens with zero attached hydrogens (tertiary/aromatic N) is 2. The van der Waals surface area contributed by atoms with Gasteiger partial charge in [0.25, 0.3) is 0 Å². The molecule has 1 saturated carbocycles. The van der Waals surface area contributed by atoms with Crippen molar-refractivity contribution < 1.29 is 9.15 Å². The van der Waals surface area contributed by atoms with E-state index in [4.69, 9.17) is 9.15 Å². The van der Waals surface area contributed by atoms with Gasteiger partial charge in [-0.3, -0.25) is 9.89 Å². The van der Waals surface area contributed by atoms with Crippen LogP contribution in [0.3, 0.4) is 0 Å². The molecule has 0 aromatic carbocycles. The van der Waals surface area contributed by atoms with Crippen LogP contribution in [0.5, 0.6) is 0 Å². The maximum Gasteiger partial charge on any atom is 0.191 e. The van der Waals surface area contributed by atoms with E-state index in [-0.39, 0.29) is 6.04 Å². The first kappa shape index (κ1) is 19.2. The highest BCUT2D eigenvalue weighted by Crippen LogP contribution is 2.48. The van der Waals surface area contributed by atoms with Gasteiger partial charge in [0, 0.05) is 33.4 Å². The second-order valence-corrected chi connectivity index (χ2v) is 7.53. The average Bonchev–Trinajstić information content (AvgIpc) is 3.08. The zero-order chi connectivity index (χ0) is 18.2. The summed E-state index contributed by atoms with van der Waals surface area (Å²) in [5.74, 6) is 1.91. The molecule has 2 N–H and O–H groups in total. The third kappa shape index (κ3) is 5.24. The minimum absolute atomic E-state index is 0.263. The molecule has 0 radical (unpaired) electrons. The third-order valence-corrected chi connectivity index (χ3v) is 5.71. The van der Waals surface area contributed by atoms with Gasteiger partial charge >= 0.3 is 0 Å². The molecule has 1 saturated heterocycles. The minimum Gasteiger partial charge on any atom is -0.468 e. The van der Waals surface area contributed by atoms with Crippen LogP contribution in [-0.4, -0.2) is 57.3 Å². The lowest BCUT2D eigenvalue weighted by Crippen LogP contribution is -2.44. The number of furan rings is 1. The van der Waals surface area contributed by atoms with Crippen LogP contribution < -0.4 is 10.6 Å². The van der Waals surface area contributed by atoms with Gasteiger partial charge in [0.05, 0.1) is 12.3 Å². The van der Waals surface area contributed by atoms with Crippen molar-refractivity contribution in [3.63, 3.8) is 0 Å². The van der Waals surface area contributed by atoms with Gasteiger partial charge in [-0.1, -0.05) is 0 Å². The Morgan fingerprint density at radius 3 is 2.77 bits per heavy atom. The van der Waals surface area contributed by atoms with Gasteiger partial charge in [0.15, 0.2) is 5.96 Å². The van der Waals surface area contributed by atoms with Crippen LogP contribution in [-0.2, 0) is 4.74 Å². The number of rotatable bonds is 10. The quantitative estimate of drug-likeness (QED) is 0.381. The molecule has 1 aliphatic heterocycles. The molecule has 1 aliphatic carbocycles. The molecule has 0 amide bonds. The van der Waals surface area contributed by atoms with E-state index in [0.717, 1.165) is 57.5 Å². The fourth-order valence-corrected chi connectivity index (χ4v) is 3.75. The van der Waals surface area contributed by atoms with E-state index in [0.29, 0.717) is 5.41 Å². The minimum atomic E-state index is 0.263. The molecule has 1 unspecified atom stereocenters. The normalized spacial score (nSPS) is 20.9. The Kier molecular flexibility index (Phi) is 6.97. The number of hydrogen-bond acceptors (Lipinski definition) is 4. The molecule has 2 aliphatic rings. The van der Waals surface area contributed by atoms with E-state index < -0.39 is 0 Å². The molecule has 146 valence electrons. The van der Waals surface area contributed by atoms with E-state index >= 15 is 0 Å². The van der Waals surface area contributed by atoms with Gasteiger partial charge in [0.2, 0.25) is 0 Å². The lowest BCUT2D eigenvalue weighted by Gasteiger charge is -2.27. The number of hydrogen-bond donors (Lipinski definition) is 2. The number of likely N-dealkylation sites (tertiary alicyclic amines) is 1. The molecule has 1 aromatic heterocycles. The second-order valence-electron chi connectivity index (χ2n) is 7.53. The van der Waals surface area contributed by atoms with Crippen molar-refractivity contribution in [3.8, 4) is 0 Å². The second kappa shape index (κ2) is 9.42. The van der Waals surface area contributed by atoms with Crippen molar-refractivity contribution in [2.75, 3.05) is 46.4 Å². The zero-order valence-electron chi connectivity index (χ0n) is 16.3. The summed E-state index contributed by atoms with van der Waals surface area (Å²) in [7, 11) is 1.84. The lowest BCUT2D eigenvalue weighted by molar-refractivity contribution is 0.128. The monoisotopic (exact) mass is 362 g/mol. The SMILES string of the molecule is CCOCCC1(CNC(=NC)NCC(c2ccco2)N2CCCC2)CC1. The topological polar surface area (TPSA) is 62.0 Å². The zero-order valence-corrected chi connectivity index (χ0v) is 16.3. The lowest BCUT2D eigenvalue weighted by atomic mass is 10.0. The van der Waals surface area contributed by atoms with E-state index in [1.807, 2.05) is 13.1 Å². The maximum atomic E-state index is 5.70. The summed E-state index contributed by atoms with van der Waals surface area (Å²) in [4.78, 5) is 6.91. The maximum absolute atomic E-state index is 5.70. The number of nitrogens with one attached hydrogen (secondary N) is 2. The van der Waals surface area contributed by atoms with Gasteiger partial charge in [-0.05, 0) is 69.7 Å². The fraction of sp³-hybridized carbons (Fsp3) is 0.750. The Morgan fingerprint density at radius 1 is 1.35 bits per heavy atom. The van der Waals surface area contributed by atoms with Gasteiger partial charge < -0.3 is 19.8 Å². The van der Waals surface area contributed by atoms with E-state index in [1.54, 1.807) is 6.26 Å². The molecule has 0 spiro atoms. The average molecular weight is 363 g/mol. The Bertz CT molecular complexity index is 548. The van der Waals surface area contributed by atoms with Crippen LogP contribution in [0.25, 0.3) is 0 Å². The molecule has 3 rings (SSSR count). The summed E-state index contributed by atoms with van der Waals surface area (Å²) in [6, 6.07) is 4.31. The largest absolute Gasteiger partial charge is 0.468 e. The summed E-state index contributed by atoms with van der Waals surface area (Å²) < 4.78 is 11.2. The molecule has 6 nitrogen and oxygen atoms in total. The first-order valence-electron chi connectivity index (χ1n) is 10.1. The molecule has 0 bridgehead atoms. The molecule has 1 atom stereocenters. The van der Waals surface area contributed by atoms with Gasteiger partial charge in [0.1, 0.15) is 5.76 Å². The Morgan fingerprint density at radius 2 is 2.15 bits per heavy atom. The molecule has 26 heavy (non-hydrogen) atoms. The van der Waals surface area contributed by atoms with Gasteiger partial charge in [-0.15, -0.1) is 0 Å². The first-order valence-corrected chi connectivity index (χ1v) is 10.1. The van der Waals surface area contributed by atoms with E-state index in [2.05, 4.69) is 33.5 Å². The van der Waals surface area contributed by atoms with Crippen molar-refractivity contribution in [3.05, 3.63) is 24.2 Å². The van der Waals surface area contributed by atoms with Gasteiger partial charge in [-0.25, -0.2) is 0 Å². The summed E-state index contributed by atoms with van der Waals surface area (Å²) in [5, 5.41) is 7.03. The summed E-state index contributed by atoms with van der Waals surface area (Å²) >= 11 is 0. The summed E-state index contributed by atoms with van der Waals surface area (Å²) in [6.45, 7) is 7.77. The van der Waals surface area contributed by atoms with Crippen molar-refractivity contribution in [2.45, 2.75) is 45.1 Å². The fourth-order valence-electron chi connectivity index (χ4n) is 3.75. The van der Waals surface area contributed by atoms with E-state index in [1.165, 1.54) is 25.7 Å². The van der Waals surface area contributed by atoms with Gasteiger partial charge in [-0.2, -0.15) is 0 Å². The molecule has 2 fully saturated rings. The van der Waals surface area contributed by atoms with Crippen LogP contribution >= 0.6 is 0 Å². The predicted molar refractivity (Wildman–Crippen MR) is 104 cm³/mol. The van der Waals surface area contributed by atoms with Crippen molar-refractivity contribution in [1.82, 2.24) is 15.5 Å².